The standard InChI is InChI=1S/C9H13NO2S.Li.H/c1-10(2)7-8-3-5-9(6-4-8)13(11)12;;/h3-6H,7H2,1-2H3,(H,11,12);;. The van der Waals surface area contributed by atoms with Crippen molar-refractivity contribution in [2.45, 2.75) is 11.4 Å². The topological polar surface area (TPSA) is 40.5 Å². The van der Waals surface area contributed by atoms with Crippen molar-refractivity contribution in [3.63, 3.8) is 0 Å². The molecule has 0 bridgehead atoms. The molecule has 0 aliphatic rings. The molecule has 0 aliphatic heterocycles. The second-order valence-electron chi connectivity index (χ2n) is 3.13. The molecule has 1 unspecified atom stereocenters. The fourth-order valence-electron chi connectivity index (χ4n) is 1.08. The first-order valence-corrected chi connectivity index (χ1v) is 5.05. The average Bonchev–Trinajstić information content (AvgIpc) is 2.04. The third-order valence-electron chi connectivity index (χ3n) is 1.62. The second kappa shape index (κ2) is 6.39. The van der Waals surface area contributed by atoms with Crippen LogP contribution < -0.4 is 0 Å². The second-order valence-corrected chi connectivity index (χ2v) is 4.10. The summed E-state index contributed by atoms with van der Waals surface area (Å²) in [5, 5.41) is 0. The van der Waals surface area contributed by atoms with Crippen LogP contribution in [0, 0.1) is 0 Å². The summed E-state index contributed by atoms with van der Waals surface area (Å²) in [4.78, 5) is 2.49. The van der Waals surface area contributed by atoms with Crippen molar-refractivity contribution in [3.05, 3.63) is 29.8 Å². The Bertz CT molecular complexity index is 300. The molecule has 0 aliphatic carbocycles. The Kier molecular flexibility index (Phi) is 6.33. The normalized spacial score (nSPS) is 12.3. The molecule has 5 heteroatoms. The van der Waals surface area contributed by atoms with Gasteiger partial charge >= 0.3 is 18.9 Å². The molecule has 0 heterocycles. The van der Waals surface area contributed by atoms with Crippen LogP contribution >= 0.6 is 0 Å². The number of nitrogens with zero attached hydrogens (tertiary/aromatic N) is 1. The van der Waals surface area contributed by atoms with E-state index in [-0.39, 0.29) is 18.9 Å². The minimum atomic E-state index is -1.86. The Hall–Kier alpha value is -0.113. The van der Waals surface area contributed by atoms with Gasteiger partial charge in [0.25, 0.3) is 0 Å². The molecule has 1 atom stereocenters. The van der Waals surface area contributed by atoms with Crippen molar-refractivity contribution in [1.29, 1.82) is 0 Å². The van der Waals surface area contributed by atoms with Gasteiger partial charge in [-0.3, -0.25) is 0 Å². The average molecular weight is 207 g/mol. The van der Waals surface area contributed by atoms with Crippen LogP contribution in [0.15, 0.2) is 29.2 Å². The molecule has 0 saturated heterocycles. The Morgan fingerprint density at radius 3 is 2.14 bits per heavy atom. The molecule has 1 N–H and O–H groups in total. The molecule has 0 fully saturated rings. The van der Waals surface area contributed by atoms with E-state index in [0.717, 1.165) is 12.1 Å². The Morgan fingerprint density at radius 2 is 1.79 bits per heavy atom. The third kappa shape index (κ3) is 4.40. The van der Waals surface area contributed by atoms with E-state index in [9.17, 15) is 4.21 Å². The Labute approximate surface area is 99.0 Å². The molecular formula is C9H14LiNO2S. The van der Waals surface area contributed by atoms with Crippen molar-refractivity contribution in [1.82, 2.24) is 4.90 Å². The molecule has 14 heavy (non-hydrogen) atoms. The minimum absolute atomic E-state index is 0. The summed E-state index contributed by atoms with van der Waals surface area (Å²) in [5.41, 5.74) is 1.14. The summed E-state index contributed by atoms with van der Waals surface area (Å²) in [5.74, 6) is 0. The van der Waals surface area contributed by atoms with Gasteiger partial charge in [0, 0.05) is 6.54 Å². The summed E-state index contributed by atoms with van der Waals surface area (Å²) >= 11 is -1.86. The summed E-state index contributed by atoms with van der Waals surface area (Å²) in [6.07, 6.45) is 0. The van der Waals surface area contributed by atoms with Crippen LogP contribution in [0.4, 0.5) is 0 Å². The van der Waals surface area contributed by atoms with E-state index in [1.807, 2.05) is 31.1 Å². The summed E-state index contributed by atoms with van der Waals surface area (Å²) in [6.45, 7) is 0.846. The molecule has 1 rings (SSSR count). The van der Waals surface area contributed by atoms with Crippen molar-refractivity contribution in [2.75, 3.05) is 14.1 Å². The van der Waals surface area contributed by atoms with Crippen LogP contribution in [-0.2, 0) is 17.6 Å². The van der Waals surface area contributed by atoms with Crippen LogP contribution in [0.25, 0.3) is 0 Å². The SMILES string of the molecule is CN(C)Cc1ccc(S(=O)O)cc1.[LiH]. The third-order valence-corrected chi connectivity index (χ3v) is 2.30. The predicted molar refractivity (Wildman–Crippen MR) is 60.0 cm³/mol. The monoisotopic (exact) mass is 207 g/mol. The Balaban J connectivity index is 0.00000169. The molecule has 0 amide bonds. The van der Waals surface area contributed by atoms with Crippen molar-refractivity contribution in [2.24, 2.45) is 0 Å². The molecule has 1 aromatic rings. The molecule has 0 spiro atoms. The van der Waals surface area contributed by atoms with Crippen LogP contribution in [0.2, 0.25) is 0 Å². The summed E-state index contributed by atoms with van der Waals surface area (Å²) < 4.78 is 19.4. The van der Waals surface area contributed by atoms with E-state index >= 15 is 0 Å². The predicted octanol–water partition coefficient (Wildman–Crippen LogP) is 0.680. The molecule has 0 saturated carbocycles. The maximum absolute atomic E-state index is 10.6. The quantitative estimate of drug-likeness (QED) is 0.585. The van der Waals surface area contributed by atoms with E-state index in [1.54, 1.807) is 12.1 Å². The van der Waals surface area contributed by atoms with Gasteiger partial charge in [-0.25, -0.2) is 4.21 Å². The molecule has 3 nitrogen and oxygen atoms in total. The van der Waals surface area contributed by atoms with Gasteiger partial charge in [-0.05, 0) is 31.8 Å². The first kappa shape index (κ1) is 13.9. The molecule has 0 radical (unpaired) electrons. The summed E-state index contributed by atoms with van der Waals surface area (Å²) in [7, 11) is 3.97. The first-order chi connectivity index (χ1) is 6.09. The van der Waals surface area contributed by atoms with Crippen molar-refractivity contribution < 1.29 is 8.76 Å². The number of hydrogen-bond acceptors (Lipinski definition) is 2. The number of benzene rings is 1. The zero-order valence-corrected chi connectivity index (χ0v) is 8.54. The van der Waals surface area contributed by atoms with Gasteiger partial charge in [0.15, 0.2) is 11.1 Å². The zero-order chi connectivity index (χ0) is 9.84. The van der Waals surface area contributed by atoms with E-state index in [4.69, 9.17) is 4.55 Å². The van der Waals surface area contributed by atoms with Crippen molar-refractivity contribution in [3.8, 4) is 0 Å². The zero-order valence-electron chi connectivity index (χ0n) is 7.73. The van der Waals surface area contributed by atoms with Gasteiger partial charge in [0.1, 0.15) is 0 Å². The van der Waals surface area contributed by atoms with Crippen LogP contribution in [0.5, 0.6) is 0 Å². The van der Waals surface area contributed by atoms with Crippen LogP contribution in [-0.4, -0.2) is 46.6 Å². The summed E-state index contributed by atoms with van der Waals surface area (Å²) in [6, 6.07) is 7.08. The number of rotatable bonds is 3. The van der Waals surface area contributed by atoms with Crippen LogP contribution in [0.3, 0.4) is 0 Å². The molecule has 74 valence electrons. The molecular weight excluding hydrogens is 193 g/mol. The fourth-order valence-corrected chi connectivity index (χ4v) is 1.45. The van der Waals surface area contributed by atoms with Crippen LogP contribution in [0.1, 0.15) is 5.56 Å². The van der Waals surface area contributed by atoms with E-state index < -0.39 is 11.1 Å². The molecule has 1 aromatic carbocycles. The van der Waals surface area contributed by atoms with Gasteiger partial charge in [0.2, 0.25) is 0 Å². The fraction of sp³-hybridized carbons (Fsp3) is 0.333. The van der Waals surface area contributed by atoms with Gasteiger partial charge in [-0.2, -0.15) is 0 Å². The van der Waals surface area contributed by atoms with Gasteiger partial charge in [0.05, 0.1) is 4.90 Å². The van der Waals surface area contributed by atoms with Gasteiger partial charge in [-0.1, -0.05) is 12.1 Å². The Morgan fingerprint density at radius 1 is 1.29 bits per heavy atom. The maximum atomic E-state index is 10.6. The van der Waals surface area contributed by atoms with Crippen molar-refractivity contribution >= 4 is 29.9 Å². The molecule has 0 aromatic heterocycles. The van der Waals surface area contributed by atoms with Gasteiger partial charge < -0.3 is 9.45 Å². The van der Waals surface area contributed by atoms with E-state index in [1.165, 1.54) is 0 Å². The van der Waals surface area contributed by atoms with Gasteiger partial charge in [-0.15, -0.1) is 0 Å². The van der Waals surface area contributed by atoms with E-state index in [2.05, 4.69) is 0 Å². The van der Waals surface area contributed by atoms with E-state index in [0.29, 0.717) is 4.90 Å². The number of hydrogen-bond donors (Lipinski definition) is 1. The first-order valence-electron chi connectivity index (χ1n) is 3.94.